The minimum absolute atomic E-state index is 0.758. The second-order valence-electron chi connectivity index (χ2n) is 3.02. The number of hydrogen-bond acceptors (Lipinski definition) is 2. The molecule has 11 heavy (non-hydrogen) atoms. The zero-order chi connectivity index (χ0) is 7.68. The van der Waals surface area contributed by atoms with Gasteiger partial charge in [-0.1, -0.05) is 0 Å². The van der Waals surface area contributed by atoms with Crippen molar-refractivity contribution < 1.29 is 0 Å². The first-order chi connectivity index (χ1) is 5.42. The third-order valence-corrected chi connectivity index (χ3v) is 2.09. The Kier molecular flexibility index (Phi) is 1.68. The number of nitrogens with two attached hydrogens (primary N) is 1. The molecule has 0 amide bonds. The number of nitrogens with zero attached hydrogens (tertiary/aromatic N) is 1. The van der Waals surface area contributed by atoms with Gasteiger partial charge in [-0.3, -0.25) is 11.3 Å². The monoisotopic (exact) mass is 151 g/mol. The summed E-state index contributed by atoms with van der Waals surface area (Å²) in [6.07, 6.45) is 4.78. The molecule has 1 fully saturated rings. The predicted octanol–water partition coefficient (Wildman–Crippen LogP) is 0.786. The molecule has 1 saturated carbocycles. The molecule has 3 N–H and O–H groups in total. The highest BCUT2D eigenvalue weighted by Gasteiger charge is 2.24. The molecule has 0 unspecified atom stereocenters. The second kappa shape index (κ2) is 2.68. The van der Waals surface area contributed by atoms with Gasteiger partial charge in [-0.05, 0) is 25.0 Å². The fraction of sp³-hybridized carbons (Fsp3) is 0.500. The molecule has 0 atom stereocenters. The van der Waals surface area contributed by atoms with Crippen molar-refractivity contribution in [1.29, 1.82) is 0 Å². The number of hydrogen-bond donors (Lipinski definition) is 2. The molecular weight excluding hydrogens is 138 g/mol. The van der Waals surface area contributed by atoms with E-state index < -0.39 is 0 Å². The highest BCUT2D eigenvalue weighted by molar-refractivity contribution is 5.10. The Morgan fingerprint density at radius 1 is 1.64 bits per heavy atom. The summed E-state index contributed by atoms with van der Waals surface area (Å²) in [5, 5.41) is 0. The molecule has 2 rings (SSSR count). The van der Waals surface area contributed by atoms with Gasteiger partial charge in [0.2, 0.25) is 0 Å². The molecule has 1 aromatic heterocycles. The zero-order valence-corrected chi connectivity index (χ0v) is 6.46. The lowest BCUT2D eigenvalue weighted by Gasteiger charge is -2.05. The highest BCUT2D eigenvalue weighted by atomic mass is 15.2. The molecule has 1 aliphatic carbocycles. The standard InChI is InChI=1S/C8H13N3/c9-10-6-8-2-1-5-11(8)7-3-4-7/h1-2,5,7,10H,3-4,6,9H2. The summed E-state index contributed by atoms with van der Waals surface area (Å²) >= 11 is 0. The smallest absolute Gasteiger partial charge is 0.0501 e. The van der Waals surface area contributed by atoms with Gasteiger partial charge in [0.05, 0.1) is 6.54 Å². The van der Waals surface area contributed by atoms with E-state index in [4.69, 9.17) is 5.84 Å². The molecule has 0 aromatic carbocycles. The fourth-order valence-corrected chi connectivity index (χ4v) is 1.39. The molecule has 3 nitrogen and oxygen atoms in total. The van der Waals surface area contributed by atoms with Crippen LogP contribution in [0.1, 0.15) is 24.6 Å². The molecule has 1 aromatic rings. The Morgan fingerprint density at radius 2 is 2.45 bits per heavy atom. The van der Waals surface area contributed by atoms with Gasteiger partial charge < -0.3 is 4.57 Å². The van der Waals surface area contributed by atoms with Gasteiger partial charge in [0.1, 0.15) is 0 Å². The van der Waals surface area contributed by atoms with E-state index >= 15 is 0 Å². The van der Waals surface area contributed by atoms with Crippen molar-refractivity contribution in [1.82, 2.24) is 9.99 Å². The van der Waals surface area contributed by atoms with Gasteiger partial charge in [0, 0.05) is 17.9 Å². The Morgan fingerprint density at radius 3 is 3.09 bits per heavy atom. The Labute approximate surface area is 66.2 Å². The molecule has 0 radical (unpaired) electrons. The largest absolute Gasteiger partial charge is 0.347 e. The molecule has 0 saturated heterocycles. The van der Waals surface area contributed by atoms with Gasteiger partial charge in [-0.2, -0.15) is 0 Å². The van der Waals surface area contributed by atoms with Gasteiger partial charge in [0.15, 0.2) is 0 Å². The van der Waals surface area contributed by atoms with Crippen LogP contribution in [0.5, 0.6) is 0 Å². The van der Waals surface area contributed by atoms with Crippen LogP contribution in [0.25, 0.3) is 0 Å². The van der Waals surface area contributed by atoms with Crippen molar-refractivity contribution in [3.63, 3.8) is 0 Å². The molecule has 1 heterocycles. The first kappa shape index (κ1) is 6.88. The maximum Gasteiger partial charge on any atom is 0.0501 e. The van der Waals surface area contributed by atoms with Gasteiger partial charge in [0.25, 0.3) is 0 Å². The van der Waals surface area contributed by atoms with Crippen LogP contribution >= 0.6 is 0 Å². The van der Waals surface area contributed by atoms with Crippen molar-refractivity contribution in [3.8, 4) is 0 Å². The van der Waals surface area contributed by atoms with Crippen LogP contribution < -0.4 is 11.3 Å². The van der Waals surface area contributed by atoms with Crippen molar-refractivity contribution in [3.05, 3.63) is 24.0 Å². The quantitative estimate of drug-likeness (QED) is 0.495. The predicted molar refractivity (Wildman–Crippen MR) is 43.7 cm³/mol. The van der Waals surface area contributed by atoms with Gasteiger partial charge >= 0.3 is 0 Å². The molecule has 0 spiro atoms. The molecule has 60 valence electrons. The lowest BCUT2D eigenvalue weighted by molar-refractivity contribution is 0.640. The summed E-state index contributed by atoms with van der Waals surface area (Å²) in [5.74, 6) is 5.25. The summed E-state index contributed by atoms with van der Waals surface area (Å²) in [6.45, 7) is 0.767. The molecule has 1 aliphatic rings. The van der Waals surface area contributed by atoms with E-state index in [0.717, 1.165) is 12.6 Å². The van der Waals surface area contributed by atoms with E-state index in [1.165, 1.54) is 18.5 Å². The summed E-state index contributed by atoms with van der Waals surface area (Å²) in [5.41, 5.74) is 3.96. The average molecular weight is 151 g/mol. The minimum Gasteiger partial charge on any atom is -0.347 e. The number of aromatic nitrogens is 1. The summed E-state index contributed by atoms with van der Waals surface area (Å²) < 4.78 is 2.31. The van der Waals surface area contributed by atoms with E-state index in [0.29, 0.717) is 0 Å². The van der Waals surface area contributed by atoms with E-state index in [-0.39, 0.29) is 0 Å². The zero-order valence-electron chi connectivity index (χ0n) is 6.46. The van der Waals surface area contributed by atoms with E-state index in [2.05, 4.69) is 28.3 Å². The minimum atomic E-state index is 0.758. The fourth-order valence-electron chi connectivity index (χ4n) is 1.39. The number of nitrogens with one attached hydrogen (secondary N) is 1. The van der Waals surface area contributed by atoms with E-state index in [1.54, 1.807) is 0 Å². The van der Waals surface area contributed by atoms with Crippen molar-refractivity contribution in [2.75, 3.05) is 0 Å². The third kappa shape index (κ3) is 1.29. The Balaban J connectivity index is 2.16. The van der Waals surface area contributed by atoms with Crippen LogP contribution in [0.3, 0.4) is 0 Å². The van der Waals surface area contributed by atoms with Crippen molar-refractivity contribution >= 4 is 0 Å². The first-order valence-electron chi connectivity index (χ1n) is 4.01. The number of hydrazine groups is 1. The highest BCUT2D eigenvalue weighted by Crippen LogP contribution is 2.35. The first-order valence-corrected chi connectivity index (χ1v) is 4.01. The lowest BCUT2D eigenvalue weighted by atomic mass is 10.4. The molecule has 0 aliphatic heterocycles. The summed E-state index contributed by atoms with van der Waals surface area (Å²) in [4.78, 5) is 0. The number of rotatable bonds is 3. The van der Waals surface area contributed by atoms with Crippen LogP contribution in [0, 0.1) is 0 Å². The molecule has 3 heteroatoms. The lowest BCUT2D eigenvalue weighted by Crippen LogP contribution is -2.22. The third-order valence-electron chi connectivity index (χ3n) is 2.09. The average Bonchev–Trinajstić information content (AvgIpc) is 2.75. The maximum atomic E-state index is 5.25. The molecular formula is C8H13N3. The summed E-state index contributed by atoms with van der Waals surface area (Å²) in [6, 6.07) is 4.94. The maximum absolute atomic E-state index is 5.25. The Bertz CT molecular complexity index is 237. The van der Waals surface area contributed by atoms with Gasteiger partial charge in [-0.25, -0.2) is 0 Å². The topological polar surface area (TPSA) is 43.0 Å². The van der Waals surface area contributed by atoms with Crippen LogP contribution in [0.4, 0.5) is 0 Å². The van der Waals surface area contributed by atoms with E-state index in [1.807, 2.05) is 0 Å². The van der Waals surface area contributed by atoms with Crippen LogP contribution in [-0.2, 0) is 6.54 Å². The SMILES string of the molecule is NNCc1cccn1C1CC1. The van der Waals surface area contributed by atoms with Gasteiger partial charge in [-0.15, -0.1) is 0 Å². The van der Waals surface area contributed by atoms with Crippen LogP contribution in [0.15, 0.2) is 18.3 Å². The van der Waals surface area contributed by atoms with Crippen LogP contribution in [-0.4, -0.2) is 4.57 Å². The van der Waals surface area contributed by atoms with Crippen molar-refractivity contribution in [2.45, 2.75) is 25.4 Å². The molecule has 0 bridgehead atoms. The normalized spacial score (nSPS) is 17.2. The Hall–Kier alpha value is -0.800. The van der Waals surface area contributed by atoms with Crippen LogP contribution in [0.2, 0.25) is 0 Å². The van der Waals surface area contributed by atoms with Crippen molar-refractivity contribution in [2.24, 2.45) is 5.84 Å². The second-order valence-corrected chi connectivity index (χ2v) is 3.02. The summed E-state index contributed by atoms with van der Waals surface area (Å²) in [7, 11) is 0. The van der Waals surface area contributed by atoms with E-state index in [9.17, 15) is 0 Å².